The topological polar surface area (TPSA) is 69.1 Å². The van der Waals surface area contributed by atoms with Crippen molar-refractivity contribution < 1.29 is 4.79 Å². The largest absolute Gasteiger partial charge is 0.402 e. The van der Waals surface area contributed by atoms with Crippen LogP contribution in [0.3, 0.4) is 0 Å². The molecule has 4 N–H and O–H groups in total. The Morgan fingerprint density at radius 2 is 2.24 bits per heavy atom. The van der Waals surface area contributed by atoms with Gasteiger partial charge in [0.25, 0.3) is 0 Å². The Hall–Kier alpha value is -0.430. The van der Waals surface area contributed by atoms with Crippen molar-refractivity contribution in [3.05, 3.63) is 21.7 Å². The third-order valence-electron chi connectivity index (χ3n) is 2.86. The maximum Gasteiger partial charge on any atom is 0.160 e. The number of fused-ring (bicyclic) bond motifs is 1. The first-order valence-electron chi connectivity index (χ1n) is 5.17. The second-order valence-corrected chi connectivity index (χ2v) is 6.49. The Morgan fingerprint density at radius 1 is 1.47 bits per heavy atom. The zero-order chi connectivity index (χ0) is 12.4. The van der Waals surface area contributed by atoms with Crippen molar-refractivity contribution >= 4 is 46.9 Å². The molecule has 0 aromatic carbocycles. The van der Waals surface area contributed by atoms with Crippen molar-refractivity contribution in [2.24, 2.45) is 10.9 Å². The van der Waals surface area contributed by atoms with Crippen LogP contribution in [0.15, 0.2) is 9.91 Å². The summed E-state index contributed by atoms with van der Waals surface area (Å²) in [6.45, 7) is 0. The van der Waals surface area contributed by atoms with Gasteiger partial charge in [0.15, 0.2) is 6.29 Å². The molecule has 0 aliphatic heterocycles. The number of thioether (sulfide) groups is 1. The van der Waals surface area contributed by atoms with Gasteiger partial charge in [0, 0.05) is 17.0 Å². The van der Waals surface area contributed by atoms with Crippen molar-refractivity contribution in [3.63, 3.8) is 0 Å². The van der Waals surface area contributed by atoms with Gasteiger partial charge in [-0.25, -0.2) is 0 Å². The van der Waals surface area contributed by atoms with Crippen molar-refractivity contribution in [1.29, 1.82) is 0 Å². The first kappa shape index (κ1) is 13.0. The van der Waals surface area contributed by atoms with E-state index in [1.165, 1.54) is 21.7 Å². The zero-order valence-electron chi connectivity index (χ0n) is 9.49. The molecule has 2 rings (SSSR count). The monoisotopic (exact) mass is 286 g/mol. The van der Waals surface area contributed by atoms with Crippen molar-refractivity contribution in [2.45, 2.75) is 17.1 Å². The summed E-state index contributed by atoms with van der Waals surface area (Å²) < 4.78 is 1.17. The number of aldehydes is 1. The third-order valence-corrected chi connectivity index (χ3v) is 5.59. The fourth-order valence-electron chi connectivity index (χ4n) is 2.07. The van der Waals surface area contributed by atoms with Gasteiger partial charge >= 0.3 is 0 Å². The first-order chi connectivity index (χ1) is 8.22. The molecule has 1 heterocycles. The predicted octanol–water partition coefficient (Wildman–Crippen LogP) is 2.51. The minimum absolute atomic E-state index is 0.710. The van der Waals surface area contributed by atoms with Crippen LogP contribution in [0.2, 0.25) is 0 Å². The molecule has 0 unspecified atom stereocenters. The van der Waals surface area contributed by atoms with Gasteiger partial charge in [0.1, 0.15) is 0 Å². The molecule has 0 fully saturated rings. The highest BCUT2D eigenvalue weighted by molar-refractivity contribution is 8.00. The van der Waals surface area contributed by atoms with Crippen molar-refractivity contribution in [1.82, 2.24) is 0 Å². The van der Waals surface area contributed by atoms with Gasteiger partial charge in [-0.1, -0.05) is 11.9 Å². The minimum atomic E-state index is 0.710. The van der Waals surface area contributed by atoms with Gasteiger partial charge in [-0.15, -0.1) is 23.1 Å². The smallest absolute Gasteiger partial charge is 0.160 e. The molecule has 3 nitrogen and oxygen atoms in total. The van der Waals surface area contributed by atoms with E-state index >= 15 is 0 Å². The van der Waals surface area contributed by atoms with Crippen LogP contribution < -0.4 is 10.9 Å². The molecular weight excluding hydrogens is 272 g/mol. The van der Waals surface area contributed by atoms with Crippen molar-refractivity contribution in [3.8, 4) is 0 Å². The average Bonchev–Trinajstić information content (AvgIpc) is 2.71. The number of carbonyl (C=O) groups is 1. The van der Waals surface area contributed by atoms with Crippen LogP contribution in [0, 0.1) is 0 Å². The normalized spacial score (nSPS) is 14.9. The zero-order valence-corrected chi connectivity index (χ0v) is 11.9. The lowest BCUT2D eigenvalue weighted by molar-refractivity contribution is 0.112. The predicted molar refractivity (Wildman–Crippen MR) is 77.6 cm³/mol. The number of hydrogen-bond donors (Lipinski definition) is 2. The molecule has 17 heavy (non-hydrogen) atoms. The fourth-order valence-corrected chi connectivity index (χ4v) is 4.54. The second kappa shape index (κ2) is 5.48. The highest BCUT2D eigenvalue weighted by Gasteiger charge is 2.25. The standard InChI is InChI=1S/C11H14N2OS3/c1-15-11-10-6(9(4-14)17-11)2-3-8(12)7(10)5-16-13/h4H,2-3,5,12-13H2,1H3. The molecular formula is C11H14N2OS3. The summed E-state index contributed by atoms with van der Waals surface area (Å²) in [6, 6.07) is 0. The van der Waals surface area contributed by atoms with Gasteiger partial charge in [-0.05, 0) is 30.2 Å². The lowest BCUT2D eigenvalue weighted by Crippen LogP contribution is -2.13. The maximum absolute atomic E-state index is 11.1. The van der Waals surface area contributed by atoms with Crippen LogP contribution >= 0.6 is 35.0 Å². The molecule has 92 valence electrons. The molecule has 0 bridgehead atoms. The summed E-state index contributed by atoms with van der Waals surface area (Å²) >= 11 is 4.51. The second-order valence-electron chi connectivity index (χ2n) is 3.74. The lowest BCUT2D eigenvalue weighted by Gasteiger charge is -2.19. The molecule has 1 aliphatic carbocycles. The van der Waals surface area contributed by atoms with Crippen molar-refractivity contribution in [2.75, 3.05) is 12.0 Å². The highest BCUT2D eigenvalue weighted by Crippen LogP contribution is 2.43. The molecule has 0 saturated heterocycles. The molecule has 1 aromatic rings. The Morgan fingerprint density at radius 3 is 2.82 bits per heavy atom. The Bertz CT molecular complexity index is 479. The van der Waals surface area contributed by atoms with E-state index in [1.807, 2.05) is 6.26 Å². The molecule has 0 saturated carbocycles. The van der Waals surface area contributed by atoms with Crippen LogP contribution in [-0.4, -0.2) is 18.3 Å². The summed E-state index contributed by atoms with van der Waals surface area (Å²) in [5.41, 5.74) is 10.4. The summed E-state index contributed by atoms with van der Waals surface area (Å²) in [5.74, 6) is 0.710. The van der Waals surface area contributed by atoms with E-state index in [4.69, 9.17) is 10.9 Å². The molecule has 6 heteroatoms. The summed E-state index contributed by atoms with van der Waals surface area (Å²) in [7, 11) is 0. The molecule has 0 amide bonds. The van der Waals surface area contributed by atoms with Crippen LogP contribution in [0.1, 0.15) is 27.2 Å². The van der Waals surface area contributed by atoms with Crippen LogP contribution in [0.25, 0.3) is 5.57 Å². The van der Waals surface area contributed by atoms with Crippen LogP contribution in [0.4, 0.5) is 0 Å². The number of thiophene rings is 1. The lowest BCUT2D eigenvalue weighted by atomic mass is 9.92. The van der Waals surface area contributed by atoms with E-state index < -0.39 is 0 Å². The molecule has 0 radical (unpaired) electrons. The number of nitrogens with two attached hydrogens (primary N) is 2. The van der Waals surface area contributed by atoms with E-state index in [-0.39, 0.29) is 0 Å². The van der Waals surface area contributed by atoms with E-state index in [2.05, 4.69) is 0 Å². The van der Waals surface area contributed by atoms with Crippen LogP contribution in [0.5, 0.6) is 0 Å². The highest BCUT2D eigenvalue weighted by atomic mass is 32.2. The molecule has 0 spiro atoms. The van der Waals surface area contributed by atoms with E-state index in [1.54, 1.807) is 23.1 Å². The number of carbonyl (C=O) groups excluding carboxylic acids is 1. The van der Waals surface area contributed by atoms with E-state index in [0.29, 0.717) is 5.75 Å². The van der Waals surface area contributed by atoms with Gasteiger partial charge in [0.2, 0.25) is 0 Å². The van der Waals surface area contributed by atoms with Crippen LogP contribution in [-0.2, 0) is 6.42 Å². The number of rotatable bonds is 4. The molecule has 0 atom stereocenters. The SMILES string of the molecule is CSc1sc(C=O)c2c1C(CSN)=C(N)CC2. The number of hydrogen-bond acceptors (Lipinski definition) is 6. The summed E-state index contributed by atoms with van der Waals surface area (Å²) in [5, 5.41) is 5.56. The summed E-state index contributed by atoms with van der Waals surface area (Å²) in [4.78, 5) is 11.9. The van der Waals surface area contributed by atoms with Gasteiger partial charge in [-0.3, -0.25) is 9.93 Å². The quantitative estimate of drug-likeness (QED) is 0.505. The minimum Gasteiger partial charge on any atom is -0.402 e. The van der Waals surface area contributed by atoms with E-state index in [0.717, 1.165) is 40.8 Å². The first-order valence-corrected chi connectivity index (χ1v) is 8.26. The molecule has 1 aliphatic rings. The Balaban J connectivity index is 2.59. The Labute approximate surface area is 113 Å². The maximum atomic E-state index is 11.1. The van der Waals surface area contributed by atoms with Gasteiger partial charge < -0.3 is 5.73 Å². The van der Waals surface area contributed by atoms with E-state index in [9.17, 15) is 4.79 Å². The molecule has 1 aromatic heterocycles. The summed E-state index contributed by atoms with van der Waals surface area (Å²) in [6.07, 6.45) is 4.68. The number of allylic oxidation sites excluding steroid dienone is 1. The fraction of sp³-hybridized carbons (Fsp3) is 0.364. The third kappa shape index (κ3) is 2.27. The van der Waals surface area contributed by atoms with Gasteiger partial charge in [-0.2, -0.15) is 0 Å². The van der Waals surface area contributed by atoms with Gasteiger partial charge in [0.05, 0.1) is 9.09 Å². The average molecular weight is 286 g/mol. The Kier molecular flexibility index (Phi) is 4.19.